The summed E-state index contributed by atoms with van der Waals surface area (Å²) in [7, 11) is 0. The van der Waals surface area contributed by atoms with Crippen LogP contribution in [0.4, 0.5) is 5.69 Å². The van der Waals surface area contributed by atoms with E-state index in [4.69, 9.17) is 0 Å². The lowest BCUT2D eigenvalue weighted by Gasteiger charge is -2.37. The standard InChI is InChI=1S/C19H23BrN2O/c1-14-4-3-5-18(15(14)2)22-10-8-21(9-11-22)13-16-12-17(20)6-7-19(16)23/h3-7,12,23H,8-11,13H2,1-2H3. The number of aryl methyl sites for hydroxylation is 1. The van der Waals surface area contributed by atoms with Crippen molar-refractivity contribution >= 4 is 21.6 Å². The molecule has 1 aliphatic rings. The Morgan fingerprint density at radius 1 is 1.04 bits per heavy atom. The number of phenols is 1. The van der Waals surface area contributed by atoms with Crippen molar-refractivity contribution in [3.8, 4) is 5.75 Å². The van der Waals surface area contributed by atoms with Crippen LogP contribution in [-0.4, -0.2) is 36.2 Å². The second kappa shape index (κ2) is 6.93. The second-order valence-corrected chi connectivity index (χ2v) is 7.17. The van der Waals surface area contributed by atoms with Gasteiger partial charge in [-0.3, -0.25) is 4.90 Å². The van der Waals surface area contributed by atoms with Crippen LogP contribution in [0.1, 0.15) is 16.7 Å². The number of piperazine rings is 1. The SMILES string of the molecule is Cc1cccc(N2CCN(Cc3cc(Br)ccc3O)CC2)c1C. The molecule has 122 valence electrons. The summed E-state index contributed by atoms with van der Waals surface area (Å²) < 4.78 is 1.01. The third-order valence-electron chi connectivity index (χ3n) is 4.72. The van der Waals surface area contributed by atoms with Crippen LogP contribution in [0.2, 0.25) is 0 Å². The van der Waals surface area contributed by atoms with E-state index < -0.39 is 0 Å². The van der Waals surface area contributed by atoms with Crippen molar-refractivity contribution in [2.75, 3.05) is 31.1 Å². The molecule has 0 saturated carbocycles. The van der Waals surface area contributed by atoms with Gasteiger partial charge in [0.15, 0.2) is 0 Å². The van der Waals surface area contributed by atoms with Crippen molar-refractivity contribution in [2.45, 2.75) is 20.4 Å². The molecule has 1 aliphatic heterocycles. The zero-order chi connectivity index (χ0) is 16.4. The molecule has 0 atom stereocenters. The highest BCUT2D eigenvalue weighted by Gasteiger charge is 2.19. The van der Waals surface area contributed by atoms with Gasteiger partial charge in [0.25, 0.3) is 0 Å². The summed E-state index contributed by atoms with van der Waals surface area (Å²) in [5, 5.41) is 10.0. The van der Waals surface area contributed by atoms with Crippen molar-refractivity contribution in [3.63, 3.8) is 0 Å². The van der Waals surface area contributed by atoms with Crippen LogP contribution in [0.25, 0.3) is 0 Å². The fourth-order valence-corrected chi connectivity index (χ4v) is 3.56. The third-order valence-corrected chi connectivity index (χ3v) is 5.22. The number of hydrogen-bond acceptors (Lipinski definition) is 3. The van der Waals surface area contributed by atoms with Crippen LogP contribution in [0, 0.1) is 13.8 Å². The fraction of sp³-hybridized carbons (Fsp3) is 0.368. The van der Waals surface area contributed by atoms with E-state index in [9.17, 15) is 5.11 Å². The highest BCUT2D eigenvalue weighted by atomic mass is 79.9. The van der Waals surface area contributed by atoms with E-state index >= 15 is 0 Å². The summed E-state index contributed by atoms with van der Waals surface area (Å²) in [6, 6.07) is 12.2. The molecule has 0 radical (unpaired) electrons. The zero-order valence-corrected chi connectivity index (χ0v) is 15.3. The van der Waals surface area contributed by atoms with E-state index in [2.05, 4.69) is 57.8 Å². The van der Waals surface area contributed by atoms with Crippen molar-refractivity contribution in [2.24, 2.45) is 0 Å². The number of hydrogen-bond donors (Lipinski definition) is 1. The lowest BCUT2D eigenvalue weighted by molar-refractivity contribution is 0.246. The number of nitrogens with zero attached hydrogens (tertiary/aromatic N) is 2. The van der Waals surface area contributed by atoms with Gasteiger partial charge in [-0.25, -0.2) is 0 Å². The van der Waals surface area contributed by atoms with Gasteiger partial charge >= 0.3 is 0 Å². The Kier molecular flexibility index (Phi) is 4.93. The smallest absolute Gasteiger partial charge is 0.120 e. The first kappa shape index (κ1) is 16.3. The molecule has 1 heterocycles. The Balaban J connectivity index is 1.64. The van der Waals surface area contributed by atoms with Gasteiger partial charge in [0.2, 0.25) is 0 Å². The molecule has 4 heteroatoms. The molecule has 2 aromatic rings. The maximum atomic E-state index is 10.0. The van der Waals surface area contributed by atoms with Gasteiger partial charge in [0, 0.05) is 48.4 Å². The maximum Gasteiger partial charge on any atom is 0.120 e. The largest absolute Gasteiger partial charge is 0.508 e. The number of phenolic OH excluding ortho intramolecular Hbond substituents is 1. The molecule has 0 unspecified atom stereocenters. The third kappa shape index (κ3) is 3.70. The molecule has 1 fully saturated rings. The molecule has 0 bridgehead atoms. The Labute approximate surface area is 146 Å². The minimum absolute atomic E-state index is 0.380. The topological polar surface area (TPSA) is 26.7 Å². The average Bonchev–Trinajstić information content (AvgIpc) is 2.54. The van der Waals surface area contributed by atoms with Gasteiger partial charge in [0.1, 0.15) is 5.75 Å². The first-order valence-corrected chi connectivity index (χ1v) is 8.85. The lowest BCUT2D eigenvalue weighted by atomic mass is 10.1. The van der Waals surface area contributed by atoms with Crippen LogP contribution in [0.3, 0.4) is 0 Å². The Morgan fingerprint density at radius 2 is 1.78 bits per heavy atom. The van der Waals surface area contributed by atoms with Crippen molar-refractivity contribution in [1.29, 1.82) is 0 Å². The molecular formula is C19H23BrN2O. The van der Waals surface area contributed by atoms with Crippen LogP contribution in [0.15, 0.2) is 40.9 Å². The molecule has 0 aromatic heterocycles. The molecule has 1 saturated heterocycles. The molecule has 0 amide bonds. The van der Waals surface area contributed by atoms with Crippen LogP contribution in [-0.2, 0) is 6.54 Å². The monoisotopic (exact) mass is 374 g/mol. The first-order valence-electron chi connectivity index (χ1n) is 8.05. The predicted octanol–water partition coefficient (Wildman–Crippen LogP) is 4.09. The number of aromatic hydroxyl groups is 1. The average molecular weight is 375 g/mol. The zero-order valence-electron chi connectivity index (χ0n) is 13.7. The van der Waals surface area contributed by atoms with E-state index in [0.29, 0.717) is 5.75 Å². The van der Waals surface area contributed by atoms with E-state index in [1.54, 1.807) is 6.07 Å². The molecule has 1 N–H and O–H groups in total. The predicted molar refractivity (Wildman–Crippen MR) is 99.2 cm³/mol. The van der Waals surface area contributed by atoms with Gasteiger partial charge in [0.05, 0.1) is 0 Å². The molecule has 0 spiro atoms. The summed E-state index contributed by atoms with van der Waals surface area (Å²) in [6.45, 7) is 9.25. The highest BCUT2D eigenvalue weighted by molar-refractivity contribution is 9.10. The van der Waals surface area contributed by atoms with Gasteiger partial charge in [-0.15, -0.1) is 0 Å². The lowest BCUT2D eigenvalue weighted by Crippen LogP contribution is -2.46. The minimum atomic E-state index is 0.380. The molecule has 2 aromatic carbocycles. The van der Waals surface area contributed by atoms with Crippen LogP contribution in [0.5, 0.6) is 5.75 Å². The highest BCUT2D eigenvalue weighted by Crippen LogP contribution is 2.26. The van der Waals surface area contributed by atoms with E-state index in [-0.39, 0.29) is 0 Å². The Morgan fingerprint density at radius 3 is 2.52 bits per heavy atom. The van der Waals surface area contributed by atoms with Crippen molar-refractivity contribution in [1.82, 2.24) is 4.90 Å². The molecule has 23 heavy (non-hydrogen) atoms. The minimum Gasteiger partial charge on any atom is -0.508 e. The first-order chi connectivity index (χ1) is 11.0. The van der Waals surface area contributed by atoms with Crippen LogP contribution < -0.4 is 4.90 Å². The van der Waals surface area contributed by atoms with E-state index in [1.165, 1.54) is 16.8 Å². The Hall–Kier alpha value is -1.52. The Bertz CT molecular complexity index is 694. The number of rotatable bonds is 3. The number of anilines is 1. The summed E-state index contributed by atoms with van der Waals surface area (Å²) >= 11 is 3.48. The molecular weight excluding hydrogens is 352 g/mol. The maximum absolute atomic E-state index is 10.0. The van der Waals surface area contributed by atoms with Gasteiger partial charge in [-0.2, -0.15) is 0 Å². The van der Waals surface area contributed by atoms with Crippen molar-refractivity contribution < 1.29 is 5.11 Å². The van der Waals surface area contributed by atoms with Gasteiger partial charge < -0.3 is 10.0 Å². The number of benzene rings is 2. The second-order valence-electron chi connectivity index (χ2n) is 6.26. The van der Waals surface area contributed by atoms with E-state index in [0.717, 1.165) is 42.8 Å². The molecule has 0 aliphatic carbocycles. The van der Waals surface area contributed by atoms with E-state index in [1.807, 2.05) is 12.1 Å². The molecule has 3 nitrogen and oxygen atoms in total. The number of halogens is 1. The normalized spacial score (nSPS) is 15.9. The quantitative estimate of drug-likeness (QED) is 0.875. The summed E-state index contributed by atoms with van der Waals surface area (Å²) in [5.41, 5.74) is 5.07. The van der Waals surface area contributed by atoms with Crippen molar-refractivity contribution in [3.05, 3.63) is 57.6 Å². The summed E-state index contributed by atoms with van der Waals surface area (Å²) in [4.78, 5) is 4.88. The van der Waals surface area contributed by atoms with Gasteiger partial charge in [-0.05, 0) is 49.2 Å². The fourth-order valence-electron chi connectivity index (χ4n) is 3.15. The summed E-state index contributed by atoms with van der Waals surface area (Å²) in [5.74, 6) is 0.380. The molecule has 3 rings (SSSR count). The van der Waals surface area contributed by atoms with Gasteiger partial charge in [-0.1, -0.05) is 28.1 Å². The van der Waals surface area contributed by atoms with Crippen LogP contribution >= 0.6 is 15.9 Å². The summed E-state index contributed by atoms with van der Waals surface area (Å²) in [6.07, 6.45) is 0.